The number of aliphatic hydroxyl groups is 2. The average molecular weight is 167 g/mol. The van der Waals surface area contributed by atoms with Crippen LogP contribution in [-0.4, -0.2) is 22.4 Å². The molecule has 0 saturated heterocycles. The van der Waals surface area contributed by atoms with Crippen molar-refractivity contribution in [2.75, 3.05) is 0 Å². The first-order valence-electron chi connectivity index (χ1n) is 4.48. The van der Waals surface area contributed by atoms with Gasteiger partial charge < -0.3 is 10.2 Å². The van der Waals surface area contributed by atoms with Crippen LogP contribution in [0.3, 0.4) is 0 Å². The van der Waals surface area contributed by atoms with Crippen molar-refractivity contribution < 1.29 is 10.2 Å². The van der Waals surface area contributed by atoms with Gasteiger partial charge >= 0.3 is 0 Å². The van der Waals surface area contributed by atoms with Crippen molar-refractivity contribution in [3.8, 4) is 6.07 Å². The van der Waals surface area contributed by atoms with Crippen molar-refractivity contribution in [2.45, 2.75) is 31.5 Å². The highest BCUT2D eigenvalue weighted by atomic mass is 16.3. The lowest BCUT2D eigenvalue weighted by molar-refractivity contribution is -0.0160. The highest BCUT2D eigenvalue weighted by Gasteiger charge is 2.53. The second kappa shape index (κ2) is 2.72. The van der Waals surface area contributed by atoms with Gasteiger partial charge in [0.2, 0.25) is 0 Å². The minimum absolute atomic E-state index is 0.185. The molecule has 0 spiro atoms. The maximum atomic E-state index is 9.53. The van der Waals surface area contributed by atoms with E-state index in [0.717, 1.165) is 12.8 Å². The summed E-state index contributed by atoms with van der Waals surface area (Å²) in [5.74, 6) is 0.620. The van der Waals surface area contributed by atoms with E-state index in [4.69, 9.17) is 5.26 Å². The highest BCUT2D eigenvalue weighted by Crippen LogP contribution is 2.50. The fourth-order valence-corrected chi connectivity index (χ4v) is 2.89. The normalized spacial score (nSPS) is 50.9. The Kier molecular flexibility index (Phi) is 1.82. The molecule has 0 aromatic heterocycles. The molecule has 0 heterocycles. The smallest absolute Gasteiger partial charge is 0.0833 e. The largest absolute Gasteiger partial charge is 0.390 e. The third-order valence-electron chi connectivity index (χ3n) is 3.49. The summed E-state index contributed by atoms with van der Waals surface area (Å²) in [5.41, 5.74) is 0. The Morgan fingerprint density at radius 1 is 1.17 bits per heavy atom. The molecule has 2 aliphatic rings. The van der Waals surface area contributed by atoms with Crippen LogP contribution in [-0.2, 0) is 0 Å². The monoisotopic (exact) mass is 167 g/mol. The maximum Gasteiger partial charge on any atom is 0.0833 e. The van der Waals surface area contributed by atoms with Crippen molar-refractivity contribution >= 4 is 0 Å². The van der Waals surface area contributed by atoms with Crippen LogP contribution in [0.25, 0.3) is 0 Å². The minimum atomic E-state index is -0.568. The molecule has 5 atom stereocenters. The van der Waals surface area contributed by atoms with Crippen molar-refractivity contribution in [1.82, 2.24) is 0 Å². The zero-order chi connectivity index (χ0) is 8.72. The van der Waals surface area contributed by atoms with Crippen molar-refractivity contribution in [3.63, 3.8) is 0 Å². The fourth-order valence-electron chi connectivity index (χ4n) is 2.89. The molecule has 0 aromatic rings. The summed E-state index contributed by atoms with van der Waals surface area (Å²) in [6.07, 6.45) is 1.32. The van der Waals surface area contributed by atoms with Gasteiger partial charge in [-0.2, -0.15) is 5.26 Å². The van der Waals surface area contributed by atoms with Gasteiger partial charge in [0.15, 0.2) is 0 Å². The molecule has 3 unspecified atom stereocenters. The highest BCUT2D eigenvalue weighted by molar-refractivity contribution is 5.04. The van der Waals surface area contributed by atoms with Crippen LogP contribution in [0.2, 0.25) is 0 Å². The molecule has 2 saturated carbocycles. The quantitative estimate of drug-likeness (QED) is 0.589. The molecule has 0 amide bonds. The van der Waals surface area contributed by atoms with E-state index in [2.05, 4.69) is 6.07 Å². The molecule has 3 heteroatoms. The van der Waals surface area contributed by atoms with Crippen LogP contribution in [0, 0.1) is 29.1 Å². The van der Waals surface area contributed by atoms with E-state index in [0.29, 0.717) is 6.42 Å². The second-order valence-corrected chi connectivity index (χ2v) is 3.91. The number of rotatable bonds is 1. The topological polar surface area (TPSA) is 64.2 Å². The third-order valence-corrected chi connectivity index (χ3v) is 3.49. The zero-order valence-corrected chi connectivity index (χ0v) is 6.85. The molecule has 0 radical (unpaired) electrons. The molecule has 3 nitrogen and oxygen atoms in total. The number of nitrogens with zero attached hydrogens (tertiary/aromatic N) is 1. The van der Waals surface area contributed by atoms with Crippen LogP contribution in [0.4, 0.5) is 0 Å². The van der Waals surface area contributed by atoms with Gasteiger partial charge in [-0.1, -0.05) is 0 Å². The Morgan fingerprint density at radius 2 is 1.67 bits per heavy atom. The van der Waals surface area contributed by atoms with E-state index in [9.17, 15) is 10.2 Å². The first-order chi connectivity index (χ1) is 5.75. The molecule has 0 aromatic carbocycles. The number of fused-ring (bicyclic) bond motifs is 2. The summed E-state index contributed by atoms with van der Waals surface area (Å²) in [6, 6.07) is 2.13. The van der Waals surface area contributed by atoms with Crippen molar-refractivity contribution in [3.05, 3.63) is 0 Å². The summed E-state index contributed by atoms with van der Waals surface area (Å²) in [4.78, 5) is 0. The maximum absolute atomic E-state index is 9.53. The first-order valence-corrected chi connectivity index (χ1v) is 4.48. The van der Waals surface area contributed by atoms with Gasteiger partial charge in [-0.3, -0.25) is 0 Å². The molecule has 12 heavy (non-hydrogen) atoms. The molecule has 2 rings (SSSR count). The molecule has 2 N–H and O–H groups in total. The van der Waals surface area contributed by atoms with Crippen LogP contribution >= 0.6 is 0 Å². The molecule has 2 bridgehead atoms. The van der Waals surface area contributed by atoms with Gasteiger partial charge in [-0.25, -0.2) is 0 Å². The summed E-state index contributed by atoms with van der Waals surface area (Å²) in [7, 11) is 0. The number of hydrogen-bond donors (Lipinski definition) is 2. The SMILES string of the molecule is N#CCC1C2CCC1[C@H](O)[C@@H]2O. The lowest BCUT2D eigenvalue weighted by Gasteiger charge is -2.21. The van der Waals surface area contributed by atoms with Crippen LogP contribution in [0.1, 0.15) is 19.3 Å². The summed E-state index contributed by atoms with van der Waals surface area (Å²) >= 11 is 0. The van der Waals surface area contributed by atoms with E-state index < -0.39 is 12.2 Å². The fraction of sp³-hybridized carbons (Fsp3) is 0.889. The third kappa shape index (κ3) is 0.886. The van der Waals surface area contributed by atoms with Gasteiger partial charge in [-0.15, -0.1) is 0 Å². The van der Waals surface area contributed by atoms with E-state index >= 15 is 0 Å². The van der Waals surface area contributed by atoms with E-state index in [1.54, 1.807) is 0 Å². The molecule has 2 aliphatic carbocycles. The number of nitriles is 1. The lowest BCUT2D eigenvalue weighted by atomic mass is 9.94. The average Bonchev–Trinajstić information content (AvgIpc) is 2.53. The second-order valence-electron chi connectivity index (χ2n) is 3.91. The standard InChI is InChI=1S/C9H13NO2/c10-4-3-5-6-1-2-7(5)9(12)8(6)11/h5-9,11-12H,1-3H2/t5?,6?,7?,8-,9+. The summed E-state index contributed by atoms with van der Waals surface area (Å²) in [6.45, 7) is 0. The van der Waals surface area contributed by atoms with Crippen LogP contribution in [0.15, 0.2) is 0 Å². The molecule has 66 valence electrons. The van der Waals surface area contributed by atoms with Gasteiger partial charge in [-0.05, 0) is 30.6 Å². The van der Waals surface area contributed by atoms with E-state index in [-0.39, 0.29) is 17.8 Å². The number of aliphatic hydroxyl groups excluding tert-OH is 2. The Labute approximate surface area is 71.6 Å². The van der Waals surface area contributed by atoms with Crippen molar-refractivity contribution in [2.24, 2.45) is 17.8 Å². The molecule has 0 aliphatic heterocycles. The Morgan fingerprint density at radius 3 is 2.08 bits per heavy atom. The number of hydrogen-bond acceptors (Lipinski definition) is 3. The predicted octanol–water partition coefficient (Wildman–Crippen LogP) is 0.278. The van der Waals surface area contributed by atoms with Crippen molar-refractivity contribution in [1.29, 1.82) is 5.26 Å². The molecular weight excluding hydrogens is 154 g/mol. The lowest BCUT2D eigenvalue weighted by Crippen LogP contribution is -2.31. The Bertz CT molecular complexity index is 207. The molecule has 2 fully saturated rings. The van der Waals surface area contributed by atoms with Gasteiger partial charge in [0.1, 0.15) is 0 Å². The van der Waals surface area contributed by atoms with Gasteiger partial charge in [0.25, 0.3) is 0 Å². The predicted molar refractivity (Wildman–Crippen MR) is 41.9 cm³/mol. The summed E-state index contributed by atoms with van der Waals surface area (Å²) < 4.78 is 0. The first kappa shape index (κ1) is 8.03. The molecular formula is C9H13NO2. The van der Waals surface area contributed by atoms with Gasteiger partial charge in [0, 0.05) is 6.42 Å². The Hall–Kier alpha value is -0.590. The van der Waals surface area contributed by atoms with Crippen LogP contribution < -0.4 is 0 Å². The Balaban J connectivity index is 2.14. The summed E-state index contributed by atoms with van der Waals surface area (Å²) in [5, 5.41) is 27.6. The zero-order valence-electron chi connectivity index (χ0n) is 6.85. The van der Waals surface area contributed by atoms with E-state index in [1.165, 1.54) is 0 Å². The van der Waals surface area contributed by atoms with E-state index in [1.807, 2.05) is 0 Å². The minimum Gasteiger partial charge on any atom is -0.390 e. The van der Waals surface area contributed by atoms with Crippen LogP contribution in [0.5, 0.6) is 0 Å². The van der Waals surface area contributed by atoms with Gasteiger partial charge in [0.05, 0.1) is 18.3 Å².